The van der Waals surface area contributed by atoms with Crippen LogP contribution in [-0.2, 0) is 31.9 Å². The third kappa shape index (κ3) is 4.32. The number of rotatable bonds is 6. The summed E-state index contributed by atoms with van der Waals surface area (Å²) in [6.07, 6.45) is 3.50. The van der Waals surface area contributed by atoms with E-state index in [4.69, 9.17) is 9.84 Å². The summed E-state index contributed by atoms with van der Waals surface area (Å²) >= 11 is 0. The zero-order chi connectivity index (χ0) is 24.4. The maximum Gasteiger partial charge on any atom is 0.332 e. The van der Waals surface area contributed by atoms with Gasteiger partial charge in [-0.3, -0.25) is 18.6 Å². The van der Waals surface area contributed by atoms with E-state index in [9.17, 15) is 9.59 Å². The molecule has 0 amide bonds. The topological polar surface area (TPSA) is 88.9 Å². The van der Waals surface area contributed by atoms with Crippen molar-refractivity contribution in [3.63, 3.8) is 0 Å². The van der Waals surface area contributed by atoms with Crippen LogP contribution in [0.15, 0.2) is 46.2 Å². The van der Waals surface area contributed by atoms with Crippen molar-refractivity contribution < 1.29 is 4.74 Å². The smallest absolute Gasteiger partial charge is 0.332 e. The van der Waals surface area contributed by atoms with Gasteiger partial charge < -0.3 is 9.30 Å². The van der Waals surface area contributed by atoms with Crippen LogP contribution >= 0.6 is 0 Å². The van der Waals surface area contributed by atoms with E-state index >= 15 is 0 Å². The Labute approximate surface area is 197 Å². The fraction of sp³-hybridized carbons (Fsp3) is 0.360. The van der Waals surface area contributed by atoms with Gasteiger partial charge in [0.25, 0.3) is 5.56 Å². The summed E-state index contributed by atoms with van der Waals surface area (Å²) < 4.78 is 11.3. The van der Waals surface area contributed by atoms with Crippen LogP contribution in [0.3, 0.4) is 0 Å². The fourth-order valence-electron chi connectivity index (χ4n) is 3.96. The van der Waals surface area contributed by atoms with E-state index < -0.39 is 0 Å². The second-order valence-electron chi connectivity index (χ2n) is 8.65. The van der Waals surface area contributed by atoms with Gasteiger partial charge in [-0.2, -0.15) is 5.10 Å². The number of aryl methyl sites for hydroxylation is 1. The molecule has 3 aromatic heterocycles. The highest BCUT2D eigenvalue weighted by Crippen LogP contribution is 2.26. The third-order valence-electron chi connectivity index (χ3n) is 5.52. The normalized spacial score (nSPS) is 11.2. The minimum Gasteiger partial charge on any atom is -0.372 e. The Bertz CT molecular complexity index is 1520. The molecule has 0 aliphatic heterocycles. The average molecular weight is 461 g/mol. The van der Waals surface area contributed by atoms with Gasteiger partial charge >= 0.3 is 5.69 Å². The van der Waals surface area contributed by atoms with Gasteiger partial charge in [-0.05, 0) is 23.6 Å². The molecule has 3 heterocycles. The van der Waals surface area contributed by atoms with Crippen LogP contribution in [-0.4, -0.2) is 42.2 Å². The maximum atomic E-state index is 13.3. The molecule has 0 saturated carbocycles. The molecule has 4 rings (SSSR count). The van der Waals surface area contributed by atoms with E-state index in [1.54, 1.807) is 22.6 Å². The number of ether oxygens (including phenoxy) is 1. The number of imidazole rings is 1. The zero-order valence-electron chi connectivity index (χ0n) is 20.1. The molecule has 0 bridgehead atoms. The average Bonchev–Trinajstić information content (AvgIpc) is 3.38. The second-order valence-corrected chi connectivity index (χ2v) is 8.65. The van der Waals surface area contributed by atoms with Gasteiger partial charge in [-0.25, -0.2) is 9.78 Å². The van der Waals surface area contributed by atoms with Crippen molar-refractivity contribution in [2.75, 3.05) is 13.7 Å². The first-order valence-corrected chi connectivity index (χ1v) is 11.1. The lowest BCUT2D eigenvalue weighted by Gasteiger charge is -2.11. The Morgan fingerprint density at radius 3 is 2.65 bits per heavy atom. The summed E-state index contributed by atoms with van der Waals surface area (Å²) in [5, 5.41) is 5.17. The molecule has 4 aromatic rings. The minimum atomic E-state index is -0.386. The largest absolute Gasteiger partial charge is 0.372 e. The summed E-state index contributed by atoms with van der Waals surface area (Å²) in [5.41, 5.74) is 2.01. The van der Waals surface area contributed by atoms with Crippen molar-refractivity contribution in [2.45, 2.75) is 26.9 Å². The molecule has 0 unspecified atom stereocenters. The SMILES string of the molecule is COCC#Cc1cccc(Cn2nc3c(c2-c2nccn2C)c(=O)n(C)c(=O)n3CC(C)C)c1. The molecule has 0 atom stereocenters. The zero-order valence-corrected chi connectivity index (χ0v) is 20.1. The summed E-state index contributed by atoms with van der Waals surface area (Å²) in [4.78, 5) is 30.8. The van der Waals surface area contributed by atoms with E-state index in [-0.39, 0.29) is 17.2 Å². The lowest BCUT2D eigenvalue weighted by atomic mass is 10.1. The number of nitrogens with zero attached hydrogens (tertiary/aromatic N) is 6. The predicted octanol–water partition coefficient (Wildman–Crippen LogP) is 2.00. The molecule has 9 nitrogen and oxygen atoms in total. The highest BCUT2D eigenvalue weighted by molar-refractivity contribution is 5.89. The number of benzene rings is 1. The van der Waals surface area contributed by atoms with E-state index in [1.807, 2.05) is 55.9 Å². The van der Waals surface area contributed by atoms with Crippen molar-refractivity contribution in [2.24, 2.45) is 20.0 Å². The van der Waals surface area contributed by atoms with Crippen LogP contribution in [0.4, 0.5) is 0 Å². The van der Waals surface area contributed by atoms with Crippen LogP contribution < -0.4 is 11.2 Å². The van der Waals surface area contributed by atoms with Crippen LogP contribution in [0.2, 0.25) is 0 Å². The molecule has 0 saturated heterocycles. The molecule has 1 aromatic carbocycles. The minimum absolute atomic E-state index is 0.197. The molecule has 9 heteroatoms. The first-order valence-electron chi connectivity index (χ1n) is 11.1. The molecular weight excluding hydrogens is 432 g/mol. The Morgan fingerprint density at radius 2 is 1.97 bits per heavy atom. The van der Waals surface area contributed by atoms with Crippen molar-refractivity contribution in [1.82, 2.24) is 28.5 Å². The van der Waals surface area contributed by atoms with Gasteiger partial charge in [0, 0.05) is 45.7 Å². The van der Waals surface area contributed by atoms with Crippen molar-refractivity contribution in [1.29, 1.82) is 0 Å². The Balaban J connectivity index is 1.96. The van der Waals surface area contributed by atoms with E-state index in [2.05, 4.69) is 16.8 Å². The molecule has 0 fully saturated rings. The quantitative estimate of drug-likeness (QED) is 0.411. The summed E-state index contributed by atoms with van der Waals surface area (Å²) in [7, 11) is 4.98. The van der Waals surface area contributed by atoms with Gasteiger partial charge in [0.05, 0.1) is 6.54 Å². The first-order chi connectivity index (χ1) is 16.3. The number of hydrogen-bond donors (Lipinski definition) is 0. The molecule has 34 heavy (non-hydrogen) atoms. The van der Waals surface area contributed by atoms with Gasteiger partial charge in [0.2, 0.25) is 0 Å². The van der Waals surface area contributed by atoms with Gasteiger partial charge in [0.1, 0.15) is 17.7 Å². The van der Waals surface area contributed by atoms with Crippen LogP contribution in [0, 0.1) is 17.8 Å². The van der Waals surface area contributed by atoms with Gasteiger partial charge in [-0.1, -0.05) is 37.8 Å². The first kappa shape index (κ1) is 23.3. The standard InChI is InChI=1S/C25H28N6O3/c1-17(2)15-30-22-20(24(32)29(4)25(30)33)21(23-26-11-12-28(23)3)31(27-22)16-19-9-6-8-18(14-19)10-7-13-34-5/h6,8-9,11-12,14,17H,13,15-16H2,1-5H3. The molecule has 0 N–H and O–H groups in total. The van der Waals surface area contributed by atoms with Crippen molar-refractivity contribution in [3.8, 4) is 23.4 Å². The number of methoxy groups -OCH3 is 1. The lowest BCUT2D eigenvalue weighted by molar-refractivity contribution is 0.240. The second kappa shape index (κ2) is 9.53. The molecule has 0 aliphatic rings. The van der Waals surface area contributed by atoms with E-state index in [0.29, 0.717) is 42.2 Å². The summed E-state index contributed by atoms with van der Waals surface area (Å²) in [5.74, 6) is 6.84. The predicted molar refractivity (Wildman–Crippen MR) is 131 cm³/mol. The molecular formula is C25H28N6O3. The van der Waals surface area contributed by atoms with Crippen LogP contribution in [0.1, 0.15) is 25.0 Å². The Morgan fingerprint density at radius 1 is 1.18 bits per heavy atom. The van der Waals surface area contributed by atoms with Crippen LogP contribution in [0.5, 0.6) is 0 Å². The maximum absolute atomic E-state index is 13.3. The lowest BCUT2D eigenvalue weighted by Crippen LogP contribution is -2.38. The number of hydrogen-bond acceptors (Lipinski definition) is 5. The molecule has 0 spiro atoms. The highest BCUT2D eigenvalue weighted by atomic mass is 16.5. The number of aromatic nitrogens is 6. The van der Waals surface area contributed by atoms with E-state index in [1.165, 1.54) is 7.05 Å². The highest BCUT2D eigenvalue weighted by Gasteiger charge is 2.24. The molecule has 0 radical (unpaired) electrons. The van der Waals surface area contributed by atoms with Crippen molar-refractivity contribution in [3.05, 3.63) is 68.6 Å². The molecule has 176 valence electrons. The summed E-state index contributed by atoms with van der Waals surface area (Å²) in [6.45, 7) is 5.24. The monoisotopic (exact) mass is 460 g/mol. The van der Waals surface area contributed by atoms with Gasteiger partial charge in [0.15, 0.2) is 11.5 Å². The molecule has 0 aliphatic carbocycles. The van der Waals surface area contributed by atoms with E-state index in [0.717, 1.165) is 15.7 Å². The van der Waals surface area contributed by atoms with Gasteiger partial charge in [-0.15, -0.1) is 0 Å². The number of fused-ring (bicyclic) bond motifs is 1. The summed E-state index contributed by atoms with van der Waals surface area (Å²) in [6, 6.07) is 7.83. The van der Waals surface area contributed by atoms with Crippen molar-refractivity contribution >= 4 is 11.0 Å². The Kier molecular flexibility index (Phi) is 6.52. The van der Waals surface area contributed by atoms with Crippen LogP contribution in [0.25, 0.3) is 22.6 Å². The third-order valence-corrected chi connectivity index (χ3v) is 5.52. The Hall–Kier alpha value is -3.90. The fourth-order valence-corrected chi connectivity index (χ4v) is 3.96.